The minimum Gasteiger partial charge on any atom is -0.292 e. The molecule has 0 amide bonds. The van der Waals surface area contributed by atoms with Crippen molar-refractivity contribution in [3.05, 3.63) is 41.7 Å². The molecule has 0 atom stereocenters. The first-order chi connectivity index (χ1) is 8.72. The van der Waals surface area contributed by atoms with E-state index in [0.29, 0.717) is 11.5 Å². The van der Waals surface area contributed by atoms with Crippen LogP contribution in [0.4, 0.5) is 0 Å². The Morgan fingerprint density at radius 1 is 1.39 bits per heavy atom. The summed E-state index contributed by atoms with van der Waals surface area (Å²) in [5, 5.41) is 4.11. The van der Waals surface area contributed by atoms with Crippen molar-refractivity contribution in [2.75, 3.05) is 0 Å². The lowest BCUT2D eigenvalue weighted by Crippen LogP contribution is -2.13. The van der Waals surface area contributed by atoms with Crippen LogP contribution in [0.3, 0.4) is 0 Å². The van der Waals surface area contributed by atoms with Gasteiger partial charge in [-0.3, -0.25) is 9.78 Å². The molecule has 0 aliphatic rings. The summed E-state index contributed by atoms with van der Waals surface area (Å²) in [6.45, 7) is 4.73. The van der Waals surface area contributed by atoms with Gasteiger partial charge in [0.15, 0.2) is 5.78 Å². The SMILES string of the molecule is CCCn1ncnc1CC(=O)c1ncccc1C. The molecule has 0 N–H and O–H groups in total. The average Bonchev–Trinajstić information content (AvgIpc) is 2.78. The van der Waals surface area contributed by atoms with E-state index in [1.807, 2.05) is 19.1 Å². The summed E-state index contributed by atoms with van der Waals surface area (Å²) >= 11 is 0. The smallest absolute Gasteiger partial charge is 0.188 e. The van der Waals surface area contributed by atoms with E-state index in [4.69, 9.17) is 0 Å². The van der Waals surface area contributed by atoms with Crippen LogP contribution in [0.25, 0.3) is 0 Å². The minimum absolute atomic E-state index is 0.0153. The van der Waals surface area contributed by atoms with Gasteiger partial charge in [-0.2, -0.15) is 5.10 Å². The first-order valence-corrected chi connectivity index (χ1v) is 6.04. The van der Waals surface area contributed by atoms with Gasteiger partial charge in [-0.1, -0.05) is 13.0 Å². The zero-order valence-corrected chi connectivity index (χ0v) is 10.6. The summed E-state index contributed by atoms with van der Waals surface area (Å²) in [4.78, 5) is 20.4. The fraction of sp³-hybridized carbons (Fsp3) is 0.385. The normalized spacial score (nSPS) is 10.6. The van der Waals surface area contributed by atoms with Crippen molar-refractivity contribution in [2.24, 2.45) is 0 Å². The maximum Gasteiger partial charge on any atom is 0.188 e. The fourth-order valence-electron chi connectivity index (χ4n) is 1.83. The number of Topliss-reactive ketones (excluding diaryl/α,β-unsaturated/α-hetero) is 1. The first kappa shape index (κ1) is 12.4. The Hall–Kier alpha value is -2.04. The highest BCUT2D eigenvalue weighted by atomic mass is 16.1. The highest BCUT2D eigenvalue weighted by Gasteiger charge is 2.14. The molecule has 0 saturated heterocycles. The number of carbonyl (C=O) groups is 1. The Labute approximate surface area is 106 Å². The molecule has 2 rings (SSSR count). The molecular formula is C13H16N4O. The van der Waals surface area contributed by atoms with Crippen LogP contribution in [0.15, 0.2) is 24.7 Å². The number of aryl methyl sites for hydroxylation is 2. The number of pyridine rings is 1. The summed E-state index contributed by atoms with van der Waals surface area (Å²) in [6, 6.07) is 3.71. The Bertz CT molecular complexity index is 547. The Balaban J connectivity index is 2.17. The van der Waals surface area contributed by atoms with Gasteiger partial charge in [0, 0.05) is 12.7 Å². The topological polar surface area (TPSA) is 60.7 Å². The standard InChI is InChI=1S/C13H16N4O/c1-3-7-17-12(15-9-16-17)8-11(18)13-10(2)5-4-6-14-13/h4-6,9H,3,7-8H2,1-2H3. The molecule has 0 saturated carbocycles. The van der Waals surface area contributed by atoms with Gasteiger partial charge in [0.1, 0.15) is 17.8 Å². The van der Waals surface area contributed by atoms with Crippen LogP contribution in [0, 0.1) is 6.92 Å². The molecule has 18 heavy (non-hydrogen) atoms. The van der Waals surface area contributed by atoms with Crippen LogP contribution >= 0.6 is 0 Å². The second-order valence-electron chi connectivity index (χ2n) is 4.17. The molecule has 5 heteroatoms. The van der Waals surface area contributed by atoms with E-state index in [-0.39, 0.29) is 12.2 Å². The molecule has 0 fully saturated rings. The third-order valence-electron chi connectivity index (χ3n) is 2.72. The van der Waals surface area contributed by atoms with Gasteiger partial charge in [-0.05, 0) is 25.0 Å². The number of ketones is 1. The molecule has 0 aromatic carbocycles. The lowest BCUT2D eigenvalue weighted by atomic mass is 10.1. The van der Waals surface area contributed by atoms with E-state index < -0.39 is 0 Å². The maximum absolute atomic E-state index is 12.1. The van der Waals surface area contributed by atoms with Gasteiger partial charge in [0.2, 0.25) is 0 Å². The Morgan fingerprint density at radius 2 is 2.22 bits per heavy atom. The predicted octanol–water partition coefficient (Wildman–Crippen LogP) is 1.82. The molecular weight excluding hydrogens is 228 g/mol. The highest BCUT2D eigenvalue weighted by Crippen LogP contribution is 2.08. The number of aromatic nitrogens is 4. The lowest BCUT2D eigenvalue weighted by Gasteiger charge is -2.05. The predicted molar refractivity (Wildman–Crippen MR) is 67.3 cm³/mol. The van der Waals surface area contributed by atoms with Crippen LogP contribution in [-0.2, 0) is 13.0 Å². The summed E-state index contributed by atoms with van der Waals surface area (Å²) in [5.41, 5.74) is 1.41. The van der Waals surface area contributed by atoms with E-state index >= 15 is 0 Å². The second-order valence-corrected chi connectivity index (χ2v) is 4.17. The summed E-state index contributed by atoms with van der Waals surface area (Å²) in [7, 11) is 0. The van der Waals surface area contributed by atoms with Gasteiger partial charge in [0.05, 0.1) is 6.42 Å². The monoisotopic (exact) mass is 244 g/mol. The molecule has 0 spiro atoms. The van der Waals surface area contributed by atoms with Gasteiger partial charge < -0.3 is 0 Å². The number of nitrogens with zero attached hydrogens (tertiary/aromatic N) is 4. The van der Waals surface area contributed by atoms with Crippen molar-refractivity contribution in [2.45, 2.75) is 33.2 Å². The second kappa shape index (κ2) is 5.53. The van der Waals surface area contributed by atoms with Crippen LogP contribution in [0.5, 0.6) is 0 Å². The van der Waals surface area contributed by atoms with Gasteiger partial charge in [0.25, 0.3) is 0 Å². The molecule has 0 unspecified atom stereocenters. The van der Waals surface area contributed by atoms with Crippen LogP contribution < -0.4 is 0 Å². The quantitative estimate of drug-likeness (QED) is 0.753. The molecule has 0 radical (unpaired) electrons. The van der Waals surface area contributed by atoms with Gasteiger partial charge in [-0.25, -0.2) is 9.67 Å². The lowest BCUT2D eigenvalue weighted by molar-refractivity contribution is 0.0984. The number of carbonyl (C=O) groups excluding carboxylic acids is 1. The van der Waals surface area contributed by atoms with E-state index in [2.05, 4.69) is 22.0 Å². The van der Waals surface area contributed by atoms with Crippen molar-refractivity contribution < 1.29 is 4.79 Å². The molecule has 0 bridgehead atoms. The van der Waals surface area contributed by atoms with E-state index in [1.54, 1.807) is 10.9 Å². The molecule has 0 aliphatic heterocycles. The Morgan fingerprint density at radius 3 is 2.94 bits per heavy atom. The van der Waals surface area contributed by atoms with Crippen molar-refractivity contribution in [1.82, 2.24) is 19.7 Å². The summed E-state index contributed by atoms with van der Waals surface area (Å²) in [5.74, 6) is 0.686. The van der Waals surface area contributed by atoms with Crippen molar-refractivity contribution >= 4 is 5.78 Å². The van der Waals surface area contributed by atoms with Crippen LogP contribution in [0.1, 0.15) is 35.2 Å². The summed E-state index contributed by atoms with van der Waals surface area (Å²) < 4.78 is 1.77. The number of rotatable bonds is 5. The molecule has 94 valence electrons. The molecule has 2 aromatic heterocycles. The molecule has 5 nitrogen and oxygen atoms in total. The molecule has 2 heterocycles. The minimum atomic E-state index is -0.0153. The van der Waals surface area contributed by atoms with E-state index in [1.165, 1.54) is 6.33 Å². The third kappa shape index (κ3) is 2.61. The summed E-state index contributed by atoms with van der Waals surface area (Å²) in [6.07, 6.45) is 4.34. The van der Waals surface area contributed by atoms with Crippen LogP contribution in [-0.4, -0.2) is 25.5 Å². The third-order valence-corrected chi connectivity index (χ3v) is 2.72. The maximum atomic E-state index is 12.1. The number of hydrogen-bond acceptors (Lipinski definition) is 4. The van der Waals surface area contributed by atoms with E-state index in [9.17, 15) is 4.79 Å². The van der Waals surface area contributed by atoms with Crippen molar-refractivity contribution in [3.8, 4) is 0 Å². The highest BCUT2D eigenvalue weighted by molar-refractivity contribution is 5.96. The van der Waals surface area contributed by atoms with Crippen LogP contribution in [0.2, 0.25) is 0 Å². The Kier molecular flexibility index (Phi) is 3.82. The molecule has 2 aromatic rings. The fourth-order valence-corrected chi connectivity index (χ4v) is 1.83. The van der Waals surface area contributed by atoms with Gasteiger partial charge >= 0.3 is 0 Å². The molecule has 0 aliphatic carbocycles. The first-order valence-electron chi connectivity index (χ1n) is 6.04. The van der Waals surface area contributed by atoms with Gasteiger partial charge in [-0.15, -0.1) is 0 Å². The zero-order valence-electron chi connectivity index (χ0n) is 10.6. The van der Waals surface area contributed by atoms with Crippen molar-refractivity contribution in [1.29, 1.82) is 0 Å². The average molecular weight is 244 g/mol. The largest absolute Gasteiger partial charge is 0.292 e. The zero-order chi connectivity index (χ0) is 13.0. The van der Waals surface area contributed by atoms with E-state index in [0.717, 1.165) is 18.5 Å². The number of hydrogen-bond donors (Lipinski definition) is 0. The van der Waals surface area contributed by atoms with Crippen molar-refractivity contribution in [3.63, 3.8) is 0 Å².